The summed E-state index contributed by atoms with van der Waals surface area (Å²) in [6.07, 6.45) is 5.88. The number of Topliss-reactive ketones (excluding diaryl/α,β-unsaturated/α-hetero) is 1. The molecule has 0 saturated carbocycles. The molecule has 1 heterocycles. The van der Waals surface area contributed by atoms with Crippen LogP contribution in [0.3, 0.4) is 0 Å². The molecule has 0 radical (unpaired) electrons. The summed E-state index contributed by atoms with van der Waals surface area (Å²) in [6.45, 7) is 3.65. The number of rotatable bonds is 1. The number of H-pyrrole nitrogens is 1. The van der Waals surface area contributed by atoms with Gasteiger partial charge in [-0.3, -0.25) is 14.7 Å². The van der Waals surface area contributed by atoms with Crippen LogP contribution in [-0.2, 0) is 4.79 Å². The summed E-state index contributed by atoms with van der Waals surface area (Å²) in [5, 5.41) is 6.72. The highest BCUT2D eigenvalue weighted by Gasteiger charge is 2.32. The van der Waals surface area contributed by atoms with Crippen LogP contribution in [0, 0.1) is 0 Å². The standard InChI is InChI=1S/C13H10N2O2/c1-2-8-12-11-7(4-3-5-9(11)16)6-10(17)13(12)15-14-8/h2-3,5H,1,4,6H2,(H,14,15). The Morgan fingerprint density at radius 2 is 2.24 bits per heavy atom. The van der Waals surface area contributed by atoms with Gasteiger partial charge in [-0.2, -0.15) is 5.10 Å². The van der Waals surface area contributed by atoms with E-state index in [0.717, 1.165) is 5.57 Å². The monoisotopic (exact) mass is 226 g/mol. The lowest BCUT2D eigenvalue weighted by molar-refractivity contribution is -0.109. The second-order valence-corrected chi connectivity index (χ2v) is 4.11. The molecule has 0 bridgehead atoms. The van der Waals surface area contributed by atoms with Crippen LogP contribution in [0.25, 0.3) is 11.6 Å². The molecule has 17 heavy (non-hydrogen) atoms. The van der Waals surface area contributed by atoms with Crippen molar-refractivity contribution in [1.82, 2.24) is 10.2 Å². The molecule has 0 atom stereocenters. The van der Waals surface area contributed by atoms with E-state index in [1.165, 1.54) is 0 Å². The number of carbonyl (C=O) groups is 2. The van der Waals surface area contributed by atoms with Gasteiger partial charge < -0.3 is 0 Å². The molecule has 3 rings (SSSR count). The van der Waals surface area contributed by atoms with E-state index < -0.39 is 0 Å². The lowest BCUT2D eigenvalue weighted by Gasteiger charge is -2.20. The maximum Gasteiger partial charge on any atom is 0.186 e. The Hall–Kier alpha value is -2.23. The van der Waals surface area contributed by atoms with Gasteiger partial charge in [0.1, 0.15) is 5.69 Å². The zero-order valence-corrected chi connectivity index (χ0v) is 9.12. The van der Waals surface area contributed by atoms with E-state index in [9.17, 15) is 9.59 Å². The van der Waals surface area contributed by atoms with E-state index in [2.05, 4.69) is 16.8 Å². The third-order valence-corrected chi connectivity index (χ3v) is 3.12. The zero-order chi connectivity index (χ0) is 12.0. The molecule has 1 N–H and O–H groups in total. The second kappa shape index (κ2) is 3.38. The van der Waals surface area contributed by atoms with Crippen molar-refractivity contribution in [2.45, 2.75) is 12.8 Å². The van der Waals surface area contributed by atoms with E-state index in [4.69, 9.17) is 0 Å². The van der Waals surface area contributed by atoms with Gasteiger partial charge in [-0.1, -0.05) is 12.7 Å². The third-order valence-electron chi connectivity index (χ3n) is 3.12. The van der Waals surface area contributed by atoms with Crippen LogP contribution in [0.4, 0.5) is 0 Å². The van der Waals surface area contributed by atoms with E-state index in [1.807, 2.05) is 0 Å². The average Bonchev–Trinajstić information content (AvgIpc) is 2.73. The molecule has 0 fully saturated rings. The van der Waals surface area contributed by atoms with Gasteiger partial charge in [-0.05, 0) is 24.1 Å². The van der Waals surface area contributed by atoms with E-state index >= 15 is 0 Å². The van der Waals surface area contributed by atoms with Gasteiger partial charge in [0.05, 0.1) is 5.69 Å². The molecule has 1 aromatic rings. The van der Waals surface area contributed by atoms with Crippen LogP contribution in [0.5, 0.6) is 0 Å². The van der Waals surface area contributed by atoms with Crippen LogP contribution < -0.4 is 0 Å². The van der Waals surface area contributed by atoms with Gasteiger partial charge >= 0.3 is 0 Å². The van der Waals surface area contributed by atoms with E-state index in [1.54, 1.807) is 18.2 Å². The highest BCUT2D eigenvalue weighted by molar-refractivity contribution is 6.31. The largest absolute Gasteiger partial charge is 0.292 e. The number of hydrogen-bond donors (Lipinski definition) is 1. The minimum absolute atomic E-state index is 0.0116. The number of nitrogens with one attached hydrogen (secondary N) is 1. The fourth-order valence-electron chi connectivity index (χ4n) is 2.37. The average molecular weight is 226 g/mol. The molecular weight excluding hydrogens is 216 g/mol. The molecule has 0 amide bonds. The second-order valence-electron chi connectivity index (χ2n) is 4.11. The first-order valence-electron chi connectivity index (χ1n) is 5.39. The Balaban J connectivity index is 2.31. The smallest absolute Gasteiger partial charge is 0.186 e. The first-order valence-corrected chi connectivity index (χ1v) is 5.39. The van der Waals surface area contributed by atoms with Crippen LogP contribution in [0.15, 0.2) is 24.3 Å². The molecule has 4 heteroatoms. The number of nitrogens with zero attached hydrogens (tertiary/aromatic N) is 1. The minimum Gasteiger partial charge on any atom is -0.292 e. The van der Waals surface area contributed by atoms with Crippen molar-refractivity contribution >= 4 is 23.2 Å². The van der Waals surface area contributed by atoms with Gasteiger partial charge in [0.25, 0.3) is 0 Å². The summed E-state index contributed by atoms with van der Waals surface area (Å²) < 4.78 is 0. The van der Waals surface area contributed by atoms with Crippen molar-refractivity contribution in [3.05, 3.63) is 41.3 Å². The number of fused-ring (bicyclic) bond motifs is 2. The summed E-state index contributed by atoms with van der Waals surface area (Å²) in [6, 6.07) is 0. The fourth-order valence-corrected chi connectivity index (χ4v) is 2.37. The first kappa shape index (κ1) is 9.96. The lowest BCUT2D eigenvalue weighted by atomic mass is 9.81. The lowest BCUT2D eigenvalue weighted by Crippen LogP contribution is -2.17. The highest BCUT2D eigenvalue weighted by Crippen LogP contribution is 2.37. The summed E-state index contributed by atoms with van der Waals surface area (Å²) in [5.41, 5.74) is 3.15. The molecular formula is C13H10N2O2. The van der Waals surface area contributed by atoms with Gasteiger partial charge in [0, 0.05) is 17.6 Å². The topological polar surface area (TPSA) is 62.8 Å². The van der Waals surface area contributed by atoms with Gasteiger partial charge in [-0.25, -0.2) is 0 Å². The Morgan fingerprint density at radius 3 is 3.00 bits per heavy atom. The SMILES string of the molecule is C=Cc1n[nH]c2c1C1=C(CC=CC1=O)CC2=O. The van der Waals surface area contributed by atoms with Crippen LogP contribution in [0.2, 0.25) is 0 Å². The Bertz CT molecular complexity index is 617. The zero-order valence-electron chi connectivity index (χ0n) is 9.12. The number of aromatic nitrogens is 2. The summed E-state index contributed by atoms with van der Waals surface area (Å²) in [7, 11) is 0. The van der Waals surface area contributed by atoms with Gasteiger partial charge in [-0.15, -0.1) is 0 Å². The minimum atomic E-state index is -0.0514. The molecule has 0 unspecified atom stereocenters. The number of hydrogen-bond acceptors (Lipinski definition) is 3. The van der Waals surface area contributed by atoms with Crippen molar-refractivity contribution in [2.24, 2.45) is 0 Å². The van der Waals surface area contributed by atoms with Crippen molar-refractivity contribution in [3.63, 3.8) is 0 Å². The fraction of sp³-hybridized carbons (Fsp3) is 0.154. The Morgan fingerprint density at radius 1 is 1.41 bits per heavy atom. The molecule has 0 saturated heterocycles. The molecule has 2 aliphatic rings. The highest BCUT2D eigenvalue weighted by atomic mass is 16.1. The molecule has 0 aromatic carbocycles. The van der Waals surface area contributed by atoms with Crippen LogP contribution in [-0.4, -0.2) is 21.8 Å². The van der Waals surface area contributed by atoms with Gasteiger partial charge in [0.15, 0.2) is 11.6 Å². The summed E-state index contributed by atoms with van der Waals surface area (Å²) in [4.78, 5) is 23.8. The molecule has 1 aromatic heterocycles. The molecule has 0 spiro atoms. The predicted molar refractivity (Wildman–Crippen MR) is 63.3 cm³/mol. The maximum atomic E-state index is 11.9. The Kier molecular flexibility index (Phi) is 1.98. The van der Waals surface area contributed by atoms with Crippen LogP contribution >= 0.6 is 0 Å². The normalized spacial score (nSPS) is 18.1. The number of carbonyl (C=O) groups excluding carboxylic acids is 2. The predicted octanol–water partition coefficient (Wildman–Crippen LogP) is 1.92. The van der Waals surface area contributed by atoms with Crippen molar-refractivity contribution < 1.29 is 9.59 Å². The number of ketones is 2. The molecule has 4 nitrogen and oxygen atoms in total. The number of aromatic amines is 1. The molecule has 0 aliphatic heterocycles. The molecule has 84 valence electrons. The quantitative estimate of drug-likeness (QED) is 0.795. The summed E-state index contributed by atoms with van der Waals surface area (Å²) in [5.74, 6) is -0.0630. The van der Waals surface area contributed by atoms with Crippen molar-refractivity contribution in [1.29, 1.82) is 0 Å². The molecule has 2 aliphatic carbocycles. The number of allylic oxidation sites excluding steroid dienone is 4. The van der Waals surface area contributed by atoms with Crippen molar-refractivity contribution in [3.8, 4) is 0 Å². The Labute approximate surface area is 97.7 Å². The van der Waals surface area contributed by atoms with E-state index in [-0.39, 0.29) is 11.6 Å². The van der Waals surface area contributed by atoms with Crippen LogP contribution in [0.1, 0.15) is 34.6 Å². The van der Waals surface area contributed by atoms with Crippen molar-refractivity contribution in [2.75, 3.05) is 0 Å². The summed E-state index contributed by atoms with van der Waals surface area (Å²) >= 11 is 0. The third kappa shape index (κ3) is 1.27. The first-order chi connectivity index (χ1) is 8.22. The van der Waals surface area contributed by atoms with Gasteiger partial charge in [0.2, 0.25) is 0 Å². The maximum absolute atomic E-state index is 11.9. The van der Waals surface area contributed by atoms with E-state index in [0.29, 0.717) is 35.4 Å².